The summed E-state index contributed by atoms with van der Waals surface area (Å²) in [6.45, 7) is 5.17. The Morgan fingerprint density at radius 1 is 1.46 bits per heavy atom. The number of anilines is 1. The second kappa shape index (κ2) is 3.70. The van der Waals surface area contributed by atoms with E-state index in [-0.39, 0.29) is 0 Å². The number of nitrogens with zero attached hydrogens (tertiary/aromatic N) is 3. The van der Waals surface area contributed by atoms with Crippen LogP contribution in [0.3, 0.4) is 0 Å². The first-order valence-corrected chi connectivity index (χ1v) is 4.61. The maximum absolute atomic E-state index is 4.22. The molecule has 1 aromatic rings. The molecular formula is C9H14N4. The van der Waals surface area contributed by atoms with Crippen LogP contribution < -0.4 is 10.2 Å². The average Bonchev–Trinajstić information content (AvgIpc) is 2.19. The Labute approximate surface area is 78.0 Å². The predicted molar refractivity (Wildman–Crippen MR) is 51.7 cm³/mol. The van der Waals surface area contributed by atoms with Gasteiger partial charge in [0.25, 0.3) is 0 Å². The highest BCUT2D eigenvalue weighted by Gasteiger charge is 2.16. The molecule has 0 saturated carbocycles. The molecular weight excluding hydrogens is 164 g/mol. The lowest BCUT2D eigenvalue weighted by atomic mass is 10.2. The van der Waals surface area contributed by atoms with E-state index in [1.54, 1.807) is 12.4 Å². The van der Waals surface area contributed by atoms with Gasteiger partial charge in [0, 0.05) is 38.1 Å². The Hall–Kier alpha value is -1.16. The Kier molecular flexibility index (Phi) is 2.40. The van der Waals surface area contributed by atoms with Gasteiger partial charge in [-0.15, -0.1) is 0 Å². The van der Waals surface area contributed by atoms with Gasteiger partial charge in [-0.1, -0.05) is 0 Å². The van der Waals surface area contributed by atoms with Crippen molar-refractivity contribution in [3.8, 4) is 0 Å². The van der Waals surface area contributed by atoms with Crippen LogP contribution in [-0.2, 0) is 0 Å². The van der Waals surface area contributed by atoms with Gasteiger partial charge < -0.3 is 10.2 Å². The fourth-order valence-corrected chi connectivity index (χ4v) is 1.57. The summed E-state index contributed by atoms with van der Waals surface area (Å²) in [5.41, 5.74) is 0. The third-order valence-corrected chi connectivity index (χ3v) is 2.20. The van der Waals surface area contributed by atoms with Gasteiger partial charge in [-0.25, -0.2) is 9.97 Å². The van der Waals surface area contributed by atoms with Crippen molar-refractivity contribution in [2.24, 2.45) is 0 Å². The molecule has 0 radical (unpaired) electrons. The fraction of sp³-hybridized carbons (Fsp3) is 0.556. The summed E-state index contributed by atoms with van der Waals surface area (Å²) in [6, 6.07) is 2.37. The molecule has 0 aromatic carbocycles. The van der Waals surface area contributed by atoms with E-state index in [4.69, 9.17) is 0 Å². The molecule has 2 rings (SSSR count). The average molecular weight is 178 g/mol. The molecule has 0 bridgehead atoms. The number of rotatable bonds is 1. The van der Waals surface area contributed by atoms with Crippen molar-refractivity contribution in [2.45, 2.75) is 13.0 Å². The molecule has 1 saturated heterocycles. The van der Waals surface area contributed by atoms with Gasteiger partial charge in [0.2, 0.25) is 5.95 Å². The van der Waals surface area contributed by atoms with Crippen molar-refractivity contribution < 1.29 is 0 Å². The highest BCUT2D eigenvalue weighted by atomic mass is 15.3. The molecule has 4 nitrogen and oxygen atoms in total. The SMILES string of the molecule is C[C@@H]1CN(c2ncccn2)CCN1. The summed E-state index contributed by atoms with van der Waals surface area (Å²) in [4.78, 5) is 10.7. The van der Waals surface area contributed by atoms with Crippen LogP contribution in [0.2, 0.25) is 0 Å². The topological polar surface area (TPSA) is 41.1 Å². The van der Waals surface area contributed by atoms with Crippen LogP contribution in [0.5, 0.6) is 0 Å². The van der Waals surface area contributed by atoms with E-state index in [1.807, 2.05) is 6.07 Å². The third-order valence-electron chi connectivity index (χ3n) is 2.20. The third kappa shape index (κ3) is 1.95. The smallest absolute Gasteiger partial charge is 0.225 e. The summed E-state index contributed by atoms with van der Waals surface area (Å²) >= 11 is 0. The number of aromatic nitrogens is 2. The van der Waals surface area contributed by atoms with Gasteiger partial charge in [0.05, 0.1) is 0 Å². The van der Waals surface area contributed by atoms with Crippen LogP contribution >= 0.6 is 0 Å². The number of piperazine rings is 1. The van der Waals surface area contributed by atoms with E-state index in [0.29, 0.717) is 6.04 Å². The standard InChI is InChI=1S/C9H14N4/c1-8-7-13(6-5-10-8)9-11-3-2-4-12-9/h2-4,8,10H,5-7H2,1H3/t8-/m1/s1. The van der Waals surface area contributed by atoms with E-state index in [1.165, 1.54) is 0 Å². The molecule has 0 aliphatic carbocycles. The monoisotopic (exact) mass is 178 g/mol. The summed E-state index contributed by atoms with van der Waals surface area (Å²) in [6.07, 6.45) is 3.57. The van der Waals surface area contributed by atoms with Crippen LogP contribution in [0.1, 0.15) is 6.92 Å². The molecule has 0 spiro atoms. The molecule has 1 fully saturated rings. The molecule has 1 aliphatic rings. The van der Waals surface area contributed by atoms with Gasteiger partial charge in [-0.2, -0.15) is 0 Å². The maximum atomic E-state index is 4.22. The minimum absolute atomic E-state index is 0.526. The highest BCUT2D eigenvalue weighted by Crippen LogP contribution is 2.07. The second-order valence-electron chi connectivity index (χ2n) is 3.35. The van der Waals surface area contributed by atoms with Crippen molar-refractivity contribution in [1.29, 1.82) is 0 Å². The first kappa shape index (κ1) is 8.44. The van der Waals surface area contributed by atoms with Crippen molar-refractivity contribution >= 4 is 5.95 Å². The Bertz CT molecular complexity index is 262. The summed E-state index contributed by atoms with van der Waals surface area (Å²) in [7, 11) is 0. The van der Waals surface area contributed by atoms with Crippen LogP contribution in [0.4, 0.5) is 5.95 Å². The first-order valence-electron chi connectivity index (χ1n) is 4.61. The van der Waals surface area contributed by atoms with Crippen LogP contribution in [0.15, 0.2) is 18.5 Å². The lowest BCUT2D eigenvalue weighted by Crippen LogP contribution is -2.49. The predicted octanol–water partition coefficient (Wildman–Crippen LogP) is 0.275. The molecule has 2 heterocycles. The molecule has 1 atom stereocenters. The van der Waals surface area contributed by atoms with Crippen molar-refractivity contribution in [3.05, 3.63) is 18.5 Å². The van der Waals surface area contributed by atoms with Crippen molar-refractivity contribution in [1.82, 2.24) is 15.3 Å². The van der Waals surface area contributed by atoms with E-state index in [2.05, 4.69) is 27.1 Å². The van der Waals surface area contributed by atoms with E-state index >= 15 is 0 Å². The zero-order valence-electron chi connectivity index (χ0n) is 7.77. The van der Waals surface area contributed by atoms with E-state index in [0.717, 1.165) is 25.6 Å². The van der Waals surface area contributed by atoms with Crippen molar-refractivity contribution in [3.63, 3.8) is 0 Å². The fourth-order valence-electron chi connectivity index (χ4n) is 1.57. The van der Waals surface area contributed by atoms with Gasteiger partial charge in [-0.3, -0.25) is 0 Å². The van der Waals surface area contributed by atoms with E-state index in [9.17, 15) is 0 Å². The first-order chi connectivity index (χ1) is 6.36. The lowest BCUT2D eigenvalue weighted by molar-refractivity contribution is 0.479. The summed E-state index contributed by atoms with van der Waals surface area (Å²) < 4.78 is 0. The van der Waals surface area contributed by atoms with Crippen LogP contribution in [-0.4, -0.2) is 35.6 Å². The molecule has 0 unspecified atom stereocenters. The summed E-state index contributed by atoms with van der Waals surface area (Å²) in [5, 5.41) is 3.38. The molecule has 1 aliphatic heterocycles. The molecule has 1 aromatic heterocycles. The number of hydrogen-bond donors (Lipinski definition) is 1. The molecule has 4 heteroatoms. The molecule has 70 valence electrons. The normalized spacial score (nSPS) is 23.2. The molecule has 1 N–H and O–H groups in total. The Balaban J connectivity index is 2.08. The minimum atomic E-state index is 0.526. The zero-order chi connectivity index (χ0) is 9.10. The second-order valence-corrected chi connectivity index (χ2v) is 3.35. The number of nitrogens with one attached hydrogen (secondary N) is 1. The zero-order valence-corrected chi connectivity index (χ0v) is 7.77. The Morgan fingerprint density at radius 2 is 2.23 bits per heavy atom. The van der Waals surface area contributed by atoms with Gasteiger partial charge in [0.15, 0.2) is 0 Å². The van der Waals surface area contributed by atoms with E-state index < -0.39 is 0 Å². The van der Waals surface area contributed by atoms with Gasteiger partial charge in [-0.05, 0) is 13.0 Å². The highest BCUT2D eigenvalue weighted by molar-refractivity contribution is 5.29. The van der Waals surface area contributed by atoms with Crippen molar-refractivity contribution in [2.75, 3.05) is 24.5 Å². The van der Waals surface area contributed by atoms with Gasteiger partial charge in [0.1, 0.15) is 0 Å². The molecule has 13 heavy (non-hydrogen) atoms. The van der Waals surface area contributed by atoms with Crippen LogP contribution in [0.25, 0.3) is 0 Å². The largest absolute Gasteiger partial charge is 0.338 e. The Morgan fingerprint density at radius 3 is 2.92 bits per heavy atom. The quantitative estimate of drug-likeness (QED) is 0.670. The van der Waals surface area contributed by atoms with Crippen LogP contribution in [0, 0.1) is 0 Å². The maximum Gasteiger partial charge on any atom is 0.225 e. The molecule has 0 amide bonds. The lowest BCUT2D eigenvalue weighted by Gasteiger charge is -2.31. The number of hydrogen-bond acceptors (Lipinski definition) is 4. The van der Waals surface area contributed by atoms with Gasteiger partial charge >= 0.3 is 0 Å². The minimum Gasteiger partial charge on any atom is -0.338 e. The summed E-state index contributed by atoms with van der Waals surface area (Å²) in [5.74, 6) is 0.843.